The summed E-state index contributed by atoms with van der Waals surface area (Å²) in [5, 5.41) is 1.89. The van der Waals surface area contributed by atoms with Gasteiger partial charge in [0.15, 0.2) is 0 Å². The predicted molar refractivity (Wildman–Crippen MR) is 119 cm³/mol. The molecule has 160 valence electrons. The van der Waals surface area contributed by atoms with Crippen LogP contribution < -0.4 is 9.21 Å². The van der Waals surface area contributed by atoms with E-state index in [1.54, 1.807) is 13.0 Å². The third-order valence-electron chi connectivity index (χ3n) is 5.82. The first-order valence-corrected chi connectivity index (χ1v) is 12.7. The molecule has 0 unspecified atom stereocenters. The second kappa shape index (κ2) is 8.03. The molecule has 0 bridgehead atoms. The lowest BCUT2D eigenvalue weighted by atomic mass is 10.0. The van der Waals surface area contributed by atoms with Gasteiger partial charge in [-0.1, -0.05) is 6.07 Å². The van der Waals surface area contributed by atoms with E-state index in [-0.39, 0.29) is 17.9 Å². The van der Waals surface area contributed by atoms with E-state index in [1.807, 2.05) is 39.4 Å². The monoisotopic (exact) mass is 447 g/mol. The van der Waals surface area contributed by atoms with Crippen LogP contribution in [-0.2, 0) is 21.2 Å². The number of thiophene rings is 1. The molecule has 0 N–H and O–H groups in total. The van der Waals surface area contributed by atoms with Crippen molar-refractivity contribution in [2.24, 2.45) is 0 Å². The Morgan fingerprint density at radius 1 is 1.13 bits per heavy atom. The Kier molecular flexibility index (Phi) is 5.59. The molecule has 2 amide bonds. The second-order valence-electron chi connectivity index (χ2n) is 7.79. The van der Waals surface area contributed by atoms with Crippen molar-refractivity contribution >= 4 is 44.5 Å². The normalized spacial score (nSPS) is 17.1. The number of hydrogen-bond acceptors (Lipinski definition) is 5. The zero-order chi connectivity index (χ0) is 21.5. The lowest BCUT2D eigenvalue weighted by Crippen LogP contribution is -2.48. The Hall–Kier alpha value is -2.39. The van der Waals surface area contributed by atoms with Crippen LogP contribution in [0.2, 0.25) is 0 Å². The Bertz CT molecular complexity index is 1060. The Morgan fingerprint density at radius 2 is 1.87 bits per heavy atom. The summed E-state index contributed by atoms with van der Waals surface area (Å²) in [6, 6.07) is 9.26. The number of fused-ring (bicyclic) bond motifs is 1. The van der Waals surface area contributed by atoms with Gasteiger partial charge in [-0.05, 0) is 54.5 Å². The number of carbonyl (C=O) groups is 2. The number of amides is 2. The molecule has 30 heavy (non-hydrogen) atoms. The van der Waals surface area contributed by atoms with Gasteiger partial charge < -0.3 is 9.80 Å². The molecule has 3 heterocycles. The average Bonchev–Trinajstić information content (AvgIpc) is 3.38. The summed E-state index contributed by atoms with van der Waals surface area (Å²) in [7, 11) is -3.32. The second-order valence-corrected chi connectivity index (χ2v) is 10.6. The van der Waals surface area contributed by atoms with E-state index in [2.05, 4.69) is 0 Å². The molecule has 1 fully saturated rings. The van der Waals surface area contributed by atoms with Crippen LogP contribution in [0.1, 0.15) is 35.0 Å². The van der Waals surface area contributed by atoms with E-state index < -0.39 is 10.0 Å². The number of likely N-dealkylation sites (tertiary alicyclic amines) is 1. The minimum atomic E-state index is -3.32. The van der Waals surface area contributed by atoms with Crippen molar-refractivity contribution in [2.75, 3.05) is 35.1 Å². The first-order chi connectivity index (χ1) is 14.3. The maximum Gasteiger partial charge on any atom is 0.268 e. The van der Waals surface area contributed by atoms with Crippen LogP contribution in [-0.4, -0.2) is 57.1 Å². The number of sulfonamides is 1. The highest BCUT2D eigenvalue weighted by atomic mass is 32.2. The topological polar surface area (TPSA) is 78.0 Å². The summed E-state index contributed by atoms with van der Waals surface area (Å²) < 4.78 is 25.5. The SMILES string of the molecule is CC(=O)N1CCC(N(C(=O)c2cccs2)c2ccc3c(c2)CCN3S(C)(=O)=O)CC1. The van der Waals surface area contributed by atoms with Gasteiger partial charge in [-0.15, -0.1) is 11.3 Å². The molecule has 0 aliphatic carbocycles. The van der Waals surface area contributed by atoms with Crippen LogP contribution in [0.25, 0.3) is 0 Å². The molecule has 1 saturated heterocycles. The van der Waals surface area contributed by atoms with Crippen molar-refractivity contribution in [3.05, 3.63) is 46.2 Å². The van der Waals surface area contributed by atoms with E-state index in [4.69, 9.17) is 0 Å². The van der Waals surface area contributed by atoms with Crippen molar-refractivity contribution in [2.45, 2.75) is 32.2 Å². The summed E-state index contributed by atoms with van der Waals surface area (Å²) >= 11 is 1.41. The molecular weight excluding hydrogens is 422 g/mol. The summed E-state index contributed by atoms with van der Waals surface area (Å²) in [5.74, 6) is 0.00664. The van der Waals surface area contributed by atoms with E-state index in [0.29, 0.717) is 49.5 Å². The number of anilines is 2. The molecule has 0 spiro atoms. The van der Waals surface area contributed by atoms with Gasteiger partial charge in [-0.2, -0.15) is 0 Å². The van der Waals surface area contributed by atoms with Gasteiger partial charge >= 0.3 is 0 Å². The van der Waals surface area contributed by atoms with Gasteiger partial charge in [0, 0.05) is 38.3 Å². The van der Waals surface area contributed by atoms with Crippen molar-refractivity contribution in [1.82, 2.24) is 4.90 Å². The maximum atomic E-state index is 13.4. The molecule has 9 heteroatoms. The Balaban J connectivity index is 1.67. The van der Waals surface area contributed by atoms with Crippen molar-refractivity contribution in [3.8, 4) is 0 Å². The minimum absolute atomic E-state index is 0.0133. The third-order valence-corrected chi connectivity index (χ3v) is 7.86. The average molecular weight is 448 g/mol. The largest absolute Gasteiger partial charge is 0.343 e. The van der Waals surface area contributed by atoms with E-state index in [9.17, 15) is 18.0 Å². The lowest BCUT2D eigenvalue weighted by Gasteiger charge is -2.38. The maximum absolute atomic E-state index is 13.4. The number of hydrogen-bond donors (Lipinski definition) is 0. The Morgan fingerprint density at radius 3 is 2.47 bits per heavy atom. The van der Waals surface area contributed by atoms with E-state index >= 15 is 0 Å². The lowest BCUT2D eigenvalue weighted by molar-refractivity contribution is -0.129. The zero-order valence-corrected chi connectivity index (χ0v) is 18.7. The van der Waals surface area contributed by atoms with Gasteiger partial charge in [0.2, 0.25) is 15.9 Å². The molecule has 1 aromatic heterocycles. The number of piperidine rings is 1. The molecule has 0 atom stereocenters. The zero-order valence-electron chi connectivity index (χ0n) is 17.1. The molecule has 2 aromatic rings. The van der Waals surface area contributed by atoms with Gasteiger partial charge in [-0.25, -0.2) is 8.42 Å². The number of nitrogens with zero attached hydrogens (tertiary/aromatic N) is 3. The Labute approximate surface area is 180 Å². The molecule has 2 aliphatic rings. The first kappa shape index (κ1) is 20.9. The summed E-state index contributed by atoms with van der Waals surface area (Å²) in [6.07, 6.45) is 3.26. The molecule has 7 nitrogen and oxygen atoms in total. The highest BCUT2D eigenvalue weighted by Crippen LogP contribution is 2.35. The minimum Gasteiger partial charge on any atom is -0.343 e. The van der Waals surface area contributed by atoms with E-state index in [0.717, 1.165) is 11.3 Å². The molecule has 1 aromatic carbocycles. The fourth-order valence-corrected chi connectivity index (χ4v) is 5.92. The molecule has 0 radical (unpaired) electrons. The van der Waals surface area contributed by atoms with Crippen LogP contribution in [0.15, 0.2) is 35.7 Å². The summed E-state index contributed by atoms with van der Waals surface area (Å²) in [6.45, 7) is 3.25. The van der Waals surface area contributed by atoms with Gasteiger partial charge in [0.25, 0.3) is 5.91 Å². The van der Waals surface area contributed by atoms with Gasteiger partial charge in [-0.3, -0.25) is 13.9 Å². The summed E-state index contributed by atoms with van der Waals surface area (Å²) in [5.41, 5.74) is 2.41. The molecular formula is C21H25N3O4S2. The quantitative estimate of drug-likeness (QED) is 0.722. The summed E-state index contributed by atoms with van der Waals surface area (Å²) in [4.78, 5) is 29.4. The standard InChI is InChI=1S/C21H25N3O4S2/c1-15(25)22-10-8-17(9-11-22)24(21(26)20-4-3-13-29-20)18-5-6-19-16(14-18)7-12-23(19)30(2,27)28/h3-6,13-14,17H,7-12H2,1-2H3. The number of benzene rings is 1. The smallest absolute Gasteiger partial charge is 0.268 e. The van der Waals surface area contributed by atoms with Crippen LogP contribution in [0, 0.1) is 0 Å². The van der Waals surface area contributed by atoms with Crippen molar-refractivity contribution < 1.29 is 18.0 Å². The number of carbonyl (C=O) groups excluding carboxylic acids is 2. The van der Waals surface area contributed by atoms with Crippen LogP contribution in [0.4, 0.5) is 11.4 Å². The molecule has 4 rings (SSSR count). The molecule has 0 saturated carbocycles. The van der Waals surface area contributed by atoms with Gasteiger partial charge in [0.1, 0.15) is 0 Å². The van der Waals surface area contributed by atoms with Crippen LogP contribution >= 0.6 is 11.3 Å². The highest BCUT2D eigenvalue weighted by molar-refractivity contribution is 7.92. The third kappa shape index (κ3) is 3.96. The van der Waals surface area contributed by atoms with Gasteiger partial charge in [0.05, 0.1) is 16.8 Å². The van der Waals surface area contributed by atoms with Crippen LogP contribution in [0.5, 0.6) is 0 Å². The van der Waals surface area contributed by atoms with Crippen molar-refractivity contribution in [3.63, 3.8) is 0 Å². The first-order valence-electron chi connectivity index (χ1n) is 9.99. The van der Waals surface area contributed by atoms with E-state index in [1.165, 1.54) is 21.9 Å². The van der Waals surface area contributed by atoms with Crippen LogP contribution in [0.3, 0.4) is 0 Å². The fraction of sp³-hybridized carbons (Fsp3) is 0.429. The predicted octanol–water partition coefficient (Wildman–Crippen LogP) is 2.73. The number of rotatable bonds is 4. The fourth-order valence-electron chi connectivity index (χ4n) is 4.30. The highest BCUT2D eigenvalue weighted by Gasteiger charge is 2.33. The molecule has 2 aliphatic heterocycles. The van der Waals surface area contributed by atoms with Crippen molar-refractivity contribution in [1.29, 1.82) is 0 Å².